The van der Waals surface area contributed by atoms with E-state index in [2.05, 4.69) is 20.8 Å². The Hall–Kier alpha value is -2.04. The molecule has 156 valence electrons. The normalized spacial score (nSPS) is 19.8. The van der Waals surface area contributed by atoms with Crippen molar-refractivity contribution in [2.45, 2.75) is 91.6 Å². The van der Waals surface area contributed by atoms with E-state index in [9.17, 15) is 19.8 Å². The summed E-state index contributed by atoms with van der Waals surface area (Å²) in [6.07, 6.45) is 4.60. The molecule has 28 heavy (non-hydrogen) atoms. The highest BCUT2D eigenvalue weighted by molar-refractivity contribution is 5.84. The van der Waals surface area contributed by atoms with Gasteiger partial charge in [-0.3, -0.25) is 9.59 Å². The number of fused-ring (bicyclic) bond motifs is 1. The SMILES string of the molecule is Cc1c(C)c(C(CC(=O)O)C(=O)O)c(C)c2c1O[C@](C)(CCCC(C)C)CC2. The monoisotopic (exact) mass is 390 g/mol. The zero-order valence-electron chi connectivity index (χ0n) is 18.0. The van der Waals surface area contributed by atoms with Crippen molar-refractivity contribution in [2.24, 2.45) is 5.92 Å². The Bertz CT molecular complexity index is 765. The summed E-state index contributed by atoms with van der Waals surface area (Å²) in [7, 11) is 0. The smallest absolute Gasteiger partial charge is 0.311 e. The van der Waals surface area contributed by atoms with Crippen LogP contribution in [0.1, 0.15) is 86.6 Å². The first kappa shape index (κ1) is 22.3. The standard InChI is InChI=1S/C23H34O5/c1-13(2)8-7-10-23(6)11-9-17-16(5)20(14(3)15(4)21(17)28-23)18(22(26)27)12-19(24)25/h13,18H,7-12H2,1-6H3,(H,24,25)(H,26,27)/t18?,23-/m1/s1. The van der Waals surface area contributed by atoms with Crippen LogP contribution in [0.2, 0.25) is 0 Å². The van der Waals surface area contributed by atoms with Gasteiger partial charge < -0.3 is 14.9 Å². The molecule has 5 nitrogen and oxygen atoms in total. The van der Waals surface area contributed by atoms with E-state index < -0.39 is 24.3 Å². The molecule has 0 saturated carbocycles. The van der Waals surface area contributed by atoms with Gasteiger partial charge in [0.15, 0.2) is 0 Å². The Morgan fingerprint density at radius 1 is 1.11 bits per heavy atom. The molecule has 2 atom stereocenters. The van der Waals surface area contributed by atoms with Crippen LogP contribution in [0.25, 0.3) is 0 Å². The van der Waals surface area contributed by atoms with E-state index in [1.807, 2.05) is 20.8 Å². The van der Waals surface area contributed by atoms with Crippen LogP contribution in [-0.2, 0) is 16.0 Å². The summed E-state index contributed by atoms with van der Waals surface area (Å²) in [4.78, 5) is 23.0. The molecule has 1 aromatic rings. The Morgan fingerprint density at radius 2 is 1.75 bits per heavy atom. The lowest BCUT2D eigenvalue weighted by Gasteiger charge is -2.39. The van der Waals surface area contributed by atoms with Crippen molar-refractivity contribution >= 4 is 11.9 Å². The zero-order chi connectivity index (χ0) is 21.2. The van der Waals surface area contributed by atoms with Crippen LogP contribution in [0.4, 0.5) is 0 Å². The number of aliphatic carboxylic acids is 2. The molecule has 1 aliphatic heterocycles. The zero-order valence-corrected chi connectivity index (χ0v) is 18.0. The van der Waals surface area contributed by atoms with Gasteiger partial charge in [-0.2, -0.15) is 0 Å². The minimum absolute atomic E-state index is 0.208. The van der Waals surface area contributed by atoms with Gasteiger partial charge in [0.2, 0.25) is 0 Å². The van der Waals surface area contributed by atoms with Crippen molar-refractivity contribution in [3.05, 3.63) is 27.8 Å². The second-order valence-corrected chi connectivity index (χ2v) is 8.92. The lowest BCUT2D eigenvalue weighted by Crippen LogP contribution is -2.37. The highest BCUT2D eigenvalue weighted by Gasteiger charge is 2.36. The van der Waals surface area contributed by atoms with Crippen LogP contribution >= 0.6 is 0 Å². The maximum absolute atomic E-state index is 11.8. The predicted molar refractivity (Wildman–Crippen MR) is 109 cm³/mol. The molecule has 1 heterocycles. The van der Waals surface area contributed by atoms with Crippen molar-refractivity contribution in [2.75, 3.05) is 0 Å². The number of benzene rings is 1. The van der Waals surface area contributed by atoms with Gasteiger partial charge >= 0.3 is 11.9 Å². The summed E-state index contributed by atoms with van der Waals surface area (Å²) < 4.78 is 6.51. The first-order valence-electron chi connectivity index (χ1n) is 10.2. The maximum Gasteiger partial charge on any atom is 0.311 e. The molecular weight excluding hydrogens is 356 g/mol. The third-order valence-corrected chi connectivity index (χ3v) is 6.20. The van der Waals surface area contributed by atoms with Crippen LogP contribution in [0.3, 0.4) is 0 Å². The predicted octanol–water partition coefficient (Wildman–Crippen LogP) is 5.16. The summed E-state index contributed by atoms with van der Waals surface area (Å²) in [5.74, 6) is -1.69. The fraction of sp³-hybridized carbons (Fsp3) is 0.652. The summed E-state index contributed by atoms with van der Waals surface area (Å²) in [5, 5.41) is 18.8. The van der Waals surface area contributed by atoms with Crippen molar-refractivity contribution in [3.63, 3.8) is 0 Å². The summed E-state index contributed by atoms with van der Waals surface area (Å²) in [6, 6.07) is 0. The van der Waals surface area contributed by atoms with E-state index >= 15 is 0 Å². The lowest BCUT2D eigenvalue weighted by atomic mass is 9.79. The van der Waals surface area contributed by atoms with Gasteiger partial charge in [0.25, 0.3) is 0 Å². The van der Waals surface area contributed by atoms with E-state index in [0.717, 1.165) is 53.7 Å². The highest BCUT2D eigenvalue weighted by Crippen LogP contribution is 2.44. The van der Waals surface area contributed by atoms with Crippen molar-refractivity contribution < 1.29 is 24.5 Å². The average Bonchev–Trinajstić information content (AvgIpc) is 2.58. The summed E-state index contributed by atoms with van der Waals surface area (Å²) >= 11 is 0. The number of carboxylic acids is 2. The van der Waals surface area contributed by atoms with Crippen LogP contribution < -0.4 is 4.74 Å². The highest BCUT2D eigenvalue weighted by atomic mass is 16.5. The maximum atomic E-state index is 11.8. The van der Waals surface area contributed by atoms with Crippen molar-refractivity contribution in [1.29, 1.82) is 0 Å². The van der Waals surface area contributed by atoms with Crippen LogP contribution in [0.15, 0.2) is 0 Å². The molecule has 0 aliphatic carbocycles. The van der Waals surface area contributed by atoms with Gasteiger partial charge in [-0.15, -0.1) is 0 Å². The Kier molecular flexibility index (Phi) is 6.79. The van der Waals surface area contributed by atoms with Gasteiger partial charge in [0, 0.05) is 0 Å². The molecule has 1 aliphatic rings. The van der Waals surface area contributed by atoms with Gasteiger partial charge in [-0.1, -0.05) is 20.3 Å². The molecule has 0 radical (unpaired) electrons. The fourth-order valence-electron chi connectivity index (χ4n) is 4.41. The van der Waals surface area contributed by atoms with Gasteiger partial charge in [0.1, 0.15) is 11.4 Å². The molecule has 5 heteroatoms. The van der Waals surface area contributed by atoms with Crippen molar-refractivity contribution in [3.8, 4) is 5.75 Å². The molecule has 0 amide bonds. The molecular formula is C23H34O5. The third kappa shape index (κ3) is 4.68. The molecule has 0 spiro atoms. The molecule has 0 fully saturated rings. The molecule has 0 saturated heterocycles. The van der Waals surface area contributed by atoms with E-state index in [-0.39, 0.29) is 5.60 Å². The van der Waals surface area contributed by atoms with Crippen molar-refractivity contribution in [1.82, 2.24) is 0 Å². The molecule has 2 N–H and O–H groups in total. The van der Waals surface area contributed by atoms with Gasteiger partial charge in [-0.25, -0.2) is 0 Å². The van der Waals surface area contributed by atoms with E-state index in [1.54, 1.807) is 0 Å². The number of ether oxygens (including phenoxy) is 1. The minimum Gasteiger partial charge on any atom is -0.487 e. The molecule has 1 aromatic carbocycles. The fourth-order valence-corrected chi connectivity index (χ4v) is 4.41. The number of carbonyl (C=O) groups is 2. The third-order valence-electron chi connectivity index (χ3n) is 6.20. The Labute approximate surface area is 168 Å². The largest absolute Gasteiger partial charge is 0.487 e. The number of hydrogen-bond acceptors (Lipinski definition) is 3. The Balaban J connectivity index is 2.42. The van der Waals surface area contributed by atoms with E-state index in [4.69, 9.17) is 4.74 Å². The molecule has 2 rings (SSSR count). The summed E-state index contributed by atoms with van der Waals surface area (Å²) in [6.45, 7) is 12.4. The Morgan fingerprint density at radius 3 is 2.29 bits per heavy atom. The molecule has 0 aromatic heterocycles. The van der Waals surface area contributed by atoms with Crippen LogP contribution in [0.5, 0.6) is 5.75 Å². The topological polar surface area (TPSA) is 83.8 Å². The lowest BCUT2D eigenvalue weighted by molar-refractivity contribution is -0.145. The van der Waals surface area contributed by atoms with Gasteiger partial charge in [0.05, 0.1) is 12.3 Å². The van der Waals surface area contributed by atoms with Crippen LogP contribution in [-0.4, -0.2) is 27.8 Å². The number of rotatable bonds is 8. The molecule has 1 unspecified atom stereocenters. The van der Waals surface area contributed by atoms with Gasteiger partial charge in [-0.05, 0) is 87.1 Å². The first-order chi connectivity index (χ1) is 13.0. The van der Waals surface area contributed by atoms with E-state index in [0.29, 0.717) is 11.5 Å². The van der Waals surface area contributed by atoms with Crippen LogP contribution in [0, 0.1) is 26.7 Å². The number of carboxylic acid groups (broad SMARTS) is 2. The second-order valence-electron chi connectivity index (χ2n) is 8.92. The second kappa shape index (κ2) is 8.54. The average molecular weight is 391 g/mol. The first-order valence-corrected chi connectivity index (χ1v) is 10.2. The number of hydrogen-bond donors (Lipinski definition) is 2. The minimum atomic E-state index is -1.10. The quantitative estimate of drug-likeness (QED) is 0.640. The molecule has 0 bridgehead atoms. The van der Waals surface area contributed by atoms with E-state index in [1.165, 1.54) is 6.42 Å². The summed E-state index contributed by atoms with van der Waals surface area (Å²) in [5.41, 5.74) is 4.10.